The van der Waals surface area contributed by atoms with Crippen molar-refractivity contribution < 1.29 is 4.74 Å². The van der Waals surface area contributed by atoms with E-state index in [0.717, 1.165) is 21.3 Å². The first-order valence-electron chi connectivity index (χ1n) is 7.83. The Morgan fingerprint density at radius 1 is 1.39 bits per heavy atom. The molecule has 0 amide bonds. The maximum atomic E-state index is 9.62. The fourth-order valence-corrected chi connectivity index (χ4v) is 3.88. The molecule has 0 spiro atoms. The lowest BCUT2D eigenvalue weighted by atomic mass is 9.86. The topological polar surface area (TPSA) is 63.2 Å². The molecule has 0 bridgehead atoms. The van der Waals surface area contributed by atoms with E-state index in [-0.39, 0.29) is 0 Å². The Bertz CT molecular complexity index is 901. The molecule has 0 N–H and O–H groups in total. The second-order valence-corrected chi connectivity index (χ2v) is 6.60. The van der Waals surface area contributed by atoms with Gasteiger partial charge in [0.1, 0.15) is 22.5 Å². The summed E-state index contributed by atoms with van der Waals surface area (Å²) in [6.07, 6.45) is 3.65. The fourth-order valence-electron chi connectivity index (χ4n) is 2.82. The first-order chi connectivity index (χ1) is 11.3. The summed E-state index contributed by atoms with van der Waals surface area (Å²) in [7, 11) is 0. The minimum absolute atomic E-state index is 0.481. The number of benzene rings is 1. The standard InChI is InChI=1S/C17H16N4OS/c1-2-22-14-9-4-3-8-12(14)15-13(10-18)21-17(19-15)23-16(20-21)11-6-5-7-11/h3-4,8-9,11H,2,5-7H2,1H3. The van der Waals surface area contributed by atoms with Gasteiger partial charge in [0.25, 0.3) is 0 Å². The smallest absolute Gasteiger partial charge is 0.214 e. The van der Waals surface area contributed by atoms with Gasteiger partial charge in [0, 0.05) is 11.5 Å². The predicted octanol–water partition coefficient (Wildman–Crippen LogP) is 4.00. The minimum atomic E-state index is 0.481. The van der Waals surface area contributed by atoms with Crippen molar-refractivity contribution in [2.24, 2.45) is 0 Å². The number of fused-ring (bicyclic) bond motifs is 1. The summed E-state index contributed by atoms with van der Waals surface area (Å²) in [5.41, 5.74) is 1.97. The van der Waals surface area contributed by atoms with Crippen LogP contribution in [0.25, 0.3) is 16.2 Å². The first kappa shape index (κ1) is 14.2. The Kier molecular flexibility index (Phi) is 3.50. The van der Waals surface area contributed by atoms with E-state index in [1.54, 1.807) is 15.9 Å². The maximum Gasteiger partial charge on any atom is 0.214 e. The molecule has 116 valence electrons. The third-order valence-electron chi connectivity index (χ3n) is 4.22. The molecule has 2 heterocycles. The van der Waals surface area contributed by atoms with Crippen molar-refractivity contribution in [3.05, 3.63) is 35.0 Å². The third-order valence-corrected chi connectivity index (χ3v) is 5.29. The molecule has 1 fully saturated rings. The highest BCUT2D eigenvalue weighted by atomic mass is 32.1. The average molecular weight is 324 g/mol. The number of hydrogen-bond donors (Lipinski definition) is 0. The third kappa shape index (κ3) is 2.28. The normalized spacial score (nSPS) is 14.6. The van der Waals surface area contributed by atoms with E-state index in [1.807, 2.05) is 31.2 Å². The van der Waals surface area contributed by atoms with E-state index < -0.39 is 0 Å². The summed E-state index contributed by atoms with van der Waals surface area (Å²) >= 11 is 1.59. The molecule has 4 rings (SSSR count). The molecule has 6 heteroatoms. The number of rotatable bonds is 4. The van der Waals surface area contributed by atoms with E-state index in [4.69, 9.17) is 4.74 Å². The summed E-state index contributed by atoms with van der Waals surface area (Å²) in [5, 5.41) is 15.4. The van der Waals surface area contributed by atoms with Gasteiger partial charge in [0.15, 0.2) is 5.69 Å². The molecule has 23 heavy (non-hydrogen) atoms. The van der Waals surface area contributed by atoms with Gasteiger partial charge in [0.05, 0.1) is 6.61 Å². The Morgan fingerprint density at radius 2 is 2.22 bits per heavy atom. The Morgan fingerprint density at radius 3 is 2.91 bits per heavy atom. The molecule has 0 radical (unpaired) electrons. The van der Waals surface area contributed by atoms with Crippen molar-refractivity contribution in [3.8, 4) is 23.1 Å². The van der Waals surface area contributed by atoms with Gasteiger partial charge in [-0.25, -0.2) is 4.98 Å². The molecule has 0 aliphatic heterocycles. The summed E-state index contributed by atoms with van der Waals surface area (Å²) in [5.74, 6) is 1.30. The van der Waals surface area contributed by atoms with Crippen LogP contribution >= 0.6 is 11.3 Å². The molecule has 1 aliphatic rings. The molecule has 1 saturated carbocycles. The molecule has 0 saturated heterocycles. The van der Waals surface area contributed by atoms with Gasteiger partial charge >= 0.3 is 0 Å². The zero-order valence-corrected chi connectivity index (χ0v) is 13.6. The van der Waals surface area contributed by atoms with Crippen LogP contribution in [0, 0.1) is 11.3 Å². The highest BCUT2D eigenvalue weighted by Gasteiger charge is 2.26. The van der Waals surface area contributed by atoms with Crippen LogP contribution in [-0.4, -0.2) is 21.2 Å². The number of hydrogen-bond acceptors (Lipinski definition) is 5. The van der Waals surface area contributed by atoms with Gasteiger partial charge in [-0.1, -0.05) is 29.9 Å². The van der Waals surface area contributed by atoms with Gasteiger partial charge in [-0.3, -0.25) is 0 Å². The quantitative estimate of drug-likeness (QED) is 0.728. The maximum absolute atomic E-state index is 9.62. The van der Waals surface area contributed by atoms with Crippen LogP contribution in [0.2, 0.25) is 0 Å². The number of nitrogens with zero attached hydrogens (tertiary/aromatic N) is 4. The van der Waals surface area contributed by atoms with Crippen LogP contribution in [-0.2, 0) is 0 Å². The second-order valence-electron chi connectivity index (χ2n) is 5.61. The monoisotopic (exact) mass is 324 g/mol. The van der Waals surface area contributed by atoms with Crippen molar-refractivity contribution in [1.29, 1.82) is 5.26 Å². The number of imidazole rings is 1. The molecule has 0 unspecified atom stereocenters. The molecule has 3 aromatic rings. The number of aromatic nitrogens is 3. The van der Waals surface area contributed by atoms with Crippen molar-refractivity contribution in [3.63, 3.8) is 0 Å². The number of ether oxygens (including phenoxy) is 1. The van der Waals surface area contributed by atoms with E-state index in [1.165, 1.54) is 19.3 Å². The first-order valence-corrected chi connectivity index (χ1v) is 8.65. The largest absolute Gasteiger partial charge is 0.493 e. The van der Waals surface area contributed by atoms with E-state index >= 15 is 0 Å². The van der Waals surface area contributed by atoms with Crippen LogP contribution < -0.4 is 4.74 Å². The van der Waals surface area contributed by atoms with Gasteiger partial charge in [-0.15, -0.1) is 0 Å². The average Bonchev–Trinajstić information content (AvgIpc) is 3.03. The van der Waals surface area contributed by atoms with Crippen molar-refractivity contribution in [2.45, 2.75) is 32.1 Å². The highest BCUT2D eigenvalue weighted by molar-refractivity contribution is 7.16. The summed E-state index contributed by atoms with van der Waals surface area (Å²) in [4.78, 5) is 5.46. The van der Waals surface area contributed by atoms with Gasteiger partial charge in [0.2, 0.25) is 4.96 Å². The predicted molar refractivity (Wildman–Crippen MR) is 88.8 cm³/mol. The fraction of sp³-hybridized carbons (Fsp3) is 0.353. The second kappa shape index (κ2) is 5.67. The Labute approximate surface area is 138 Å². The summed E-state index contributed by atoms with van der Waals surface area (Å²) in [6, 6.07) is 9.96. The van der Waals surface area contributed by atoms with Crippen LogP contribution in [0.15, 0.2) is 24.3 Å². The molecule has 1 aliphatic carbocycles. The van der Waals surface area contributed by atoms with Gasteiger partial charge < -0.3 is 4.74 Å². The van der Waals surface area contributed by atoms with E-state index in [0.29, 0.717) is 23.9 Å². The molecular weight excluding hydrogens is 308 g/mol. The molecule has 0 atom stereocenters. The zero-order chi connectivity index (χ0) is 15.8. The van der Waals surface area contributed by atoms with E-state index in [9.17, 15) is 5.26 Å². The number of nitriles is 1. The molecule has 1 aromatic carbocycles. The summed E-state index contributed by atoms with van der Waals surface area (Å²) < 4.78 is 7.37. The van der Waals surface area contributed by atoms with Crippen molar-refractivity contribution in [2.75, 3.05) is 6.61 Å². The van der Waals surface area contributed by atoms with Crippen LogP contribution in [0.5, 0.6) is 5.75 Å². The molecular formula is C17H16N4OS. The van der Waals surface area contributed by atoms with Crippen LogP contribution in [0.1, 0.15) is 42.8 Å². The minimum Gasteiger partial charge on any atom is -0.493 e. The lowest BCUT2D eigenvalue weighted by Gasteiger charge is -2.21. The molecule has 5 nitrogen and oxygen atoms in total. The van der Waals surface area contributed by atoms with Crippen molar-refractivity contribution in [1.82, 2.24) is 14.6 Å². The lowest BCUT2D eigenvalue weighted by Crippen LogP contribution is -2.08. The van der Waals surface area contributed by atoms with Crippen LogP contribution in [0.4, 0.5) is 0 Å². The Hall–Kier alpha value is -2.39. The highest BCUT2D eigenvalue weighted by Crippen LogP contribution is 2.40. The lowest BCUT2D eigenvalue weighted by molar-refractivity contribution is 0.341. The van der Waals surface area contributed by atoms with Crippen LogP contribution in [0.3, 0.4) is 0 Å². The zero-order valence-electron chi connectivity index (χ0n) is 12.8. The van der Waals surface area contributed by atoms with E-state index in [2.05, 4.69) is 16.2 Å². The number of para-hydroxylation sites is 1. The Balaban J connectivity index is 1.84. The van der Waals surface area contributed by atoms with Gasteiger partial charge in [-0.05, 0) is 31.9 Å². The SMILES string of the molecule is CCOc1ccccc1-c1nc2sc(C3CCC3)nn2c1C#N. The molecule has 2 aromatic heterocycles. The van der Waals surface area contributed by atoms with Gasteiger partial charge in [-0.2, -0.15) is 14.9 Å². The van der Waals surface area contributed by atoms with Crippen molar-refractivity contribution >= 4 is 16.3 Å². The summed E-state index contributed by atoms with van der Waals surface area (Å²) in [6.45, 7) is 2.52.